The first-order chi connectivity index (χ1) is 10.2. The molecule has 3 rings (SSSR count). The molecule has 0 heterocycles. The highest BCUT2D eigenvalue weighted by Crippen LogP contribution is 2.37. The van der Waals surface area contributed by atoms with Gasteiger partial charge >= 0.3 is 0 Å². The number of ether oxygens (including phenoxy) is 1. The van der Waals surface area contributed by atoms with E-state index in [1.54, 1.807) is 18.2 Å². The zero-order chi connectivity index (χ0) is 14.8. The van der Waals surface area contributed by atoms with Crippen LogP contribution in [-0.4, -0.2) is 13.0 Å². The third kappa shape index (κ3) is 2.23. The summed E-state index contributed by atoms with van der Waals surface area (Å²) < 4.78 is 5.22. The molecule has 1 aliphatic carbocycles. The molecule has 0 spiro atoms. The van der Waals surface area contributed by atoms with E-state index in [9.17, 15) is 4.79 Å². The predicted octanol–water partition coefficient (Wildman–Crippen LogP) is 2.85. The van der Waals surface area contributed by atoms with Gasteiger partial charge in [0.25, 0.3) is 0 Å². The zero-order valence-electron chi connectivity index (χ0n) is 11.6. The standard InChI is InChI=1S/C17H14N2O2/c1-21-15-8-4-6-12(10-18)16(15)19-17(20)14-9-11-5-2-3-7-13(11)14/h2-8,14H,9H2,1H3,(H,19,20). The number of carbonyl (C=O) groups excluding carboxylic acids is 1. The Hall–Kier alpha value is -2.80. The normalized spacial score (nSPS) is 15.3. The Labute approximate surface area is 123 Å². The number of para-hydroxylation sites is 1. The summed E-state index contributed by atoms with van der Waals surface area (Å²) in [7, 11) is 1.52. The van der Waals surface area contributed by atoms with Crippen LogP contribution >= 0.6 is 0 Å². The van der Waals surface area contributed by atoms with Gasteiger partial charge in [-0.1, -0.05) is 30.3 Å². The molecule has 104 valence electrons. The average molecular weight is 278 g/mol. The number of carbonyl (C=O) groups is 1. The van der Waals surface area contributed by atoms with E-state index in [2.05, 4.69) is 11.4 Å². The predicted molar refractivity (Wildman–Crippen MR) is 79.2 cm³/mol. The van der Waals surface area contributed by atoms with Gasteiger partial charge in [0.15, 0.2) is 0 Å². The van der Waals surface area contributed by atoms with Gasteiger partial charge in [0.05, 0.1) is 18.6 Å². The first-order valence-corrected chi connectivity index (χ1v) is 6.70. The lowest BCUT2D eigenvalue weighted by molar-refractivity contribution is -0.118. The van der Waals surface area contributed by atoms with Gasteiger partial charge in [0.2, 0.25) is 5.91 Å². The number of anilines is 1. The lowest BCUT2D eigenvalue weighted by Crippen LogP contribution is -2.30. The van der Waals surface area contributed by atoms with Crippen LogP contribution in [0.15, 0.2) is 42.5 Å². The number of benzene rings is 2. The van der Waals surface area contributed by atoms with Crippen molar-refractivity contribution in [1.82, 2.24) is 0 Å². The van der Waals surface area contributed by atoms with Gasteiger partial charge in [0, 0.05) is 0 Å². The van der Waals surface area contributed by atoms with Crippen molar-refractivity contribution in [2.75, 3.05) is 12.4 Å². The number of hydrogen-bond acceptors (Lipinski definition) is 3. The highest BCUT2D eigenvalue weighted by atomic mass is 16.5. The SMILES string of the molecule is COc1cccc(C#N)c1NC(=O)C1Cc2ccccc21. The van der Waals surface area contributed by atoms with E-state index in [0.29, 0.717) is 17.0 Å². The second kappa shape index (κ2) is 5.29. The third-order valence-corrected chi connectivity index (χ3v) is 3.79. The van der Waals surface area contributed by atoms with Crippen molar-refractivity contribution in [2.24, 2.45) is 0 Å². The molecule has 4 nitrogen and oxygen atoms in total. The van der Waals surface area contributed by atoms with Crippen LogP contribution in [0.4, 0.5) is 5.69 Å². The number of amides is 1. The largest absolute Gasteiger partial charge is 0.495 e. The molecule has 0 radical (unpaired) electrons. The molecule has 0 saturated carbocycles. The van der Waals surface area contributed by atoms with Crippen molar-refractivity contribution in [3.63, 3.8) is 0 Å². The van der Waals surface area contributed by atoms with Crippen molar-refractivity contribution in [3.8, 4) is 11.8 Å². The average Bonchev–Trinajstić information content (AvgIpc) is 2.48. The Morgan fingerprint density at radius 3 is 2.81 bits per heavy atom. The Balaban J connectivity index is 1.86. The van der Waals surface area contributed by atoms with Crippen LogP contribution < -0.4 is 10.1 Å². The van der Waals surface area contributed by atoms with Crippen molar-refractivity contribution >= 4 is 11.6 Å². The maximum Gasteiger partial charge on any atom is 0.232 e. The van der Waals surface area contributed by atoms with Gasteiger partial charge in [-0.05, 0) is 29.7 Å². The van der Waals surface area contributed by atoms with E-state index in [1.165, 1.54) is 12.7 Å². The first kappa shape index (κ1) is 13.2. The minimum absolute atomic E-state index is 0.102. The van der Waals surface area contributed by atoms with Crippen LogP contribution in [0.5, 0.6) is 5.75 Å². The van der Waals surface area contributed by atoms with Crippen LogP contribution in [-0.2, 0) is 11.2 Å². The van der Waals surface area contributed by atoms with Crippen LogP contribution in [0, 0.1) is 11.3 Å². The number of fused-ring (bicyclic) bond motifs is 1. The van der Waals surface area contributed by atoms with Gasteiger partial charge in [-0.2, -0.15) is 5.26 Å². The van der Waals surface area contributed by atoms with Crippen molar-refractivity contribution < 1.29 is 9.53 Å². The molecule has 1 N–H and O–H groups in total. The van der Waals surface area contributed by atoms with Gasteiger partial charge < -0.3 is 10.1 Å². The Bertz CT molecular complexity index is 747. The molecule has 0 aliphatic heterocycles. The summed E-state index contributed by atoms with van der Waals surface area (Å²) in [6, 6.07) is 15.1. The van der Waals surface area contributed by atoms with E-state index in [-0.39, 0.29) is 11.8 Å². The molecule has 0 fully saturated rings. The smallest absolute Gasteiger partial charge is 0.232 e. The number of nitrogens with zero attached hydrogens (tertiary/aromatic N) is 1. The minimum atomic E-state index is -0.155. The maximum absolute atomic E-state index is 12.4. The van der Waals surface area contributed by atoms with Crippen LogP contribution in [0.25, 0.3) is 0 Å². The summed E-state index contributed by atoms with van der Waals surface area (Å²) in [5.41, 5.74) is 3.11. The number of nitriles is 1. The minimum Gasteiger partial charge on any atom is -0.495 e. The summed E-state index contributed by atoms with van der Waals surface area (Å²) in [6.45, 7) is 0. The Kier molecular flexibility index (Phi) is 3.33. The summed E-state index contributed by atoms with van der Waals surface area (Å²) in [5, 5.41) is 12.0. The molecule has 0 aromatic heterocycles. The Morgan fingerprint density at radius 1 is 1.29 bits per heavy atom. The molecular weight excluding hydrogens is 264 g/mol. The van der Waals surface area contributed by atoms with Crippen molar-refractivity contribution in [1.29, 1.82) is 5.26 Å². The van der Waals surface area contributed by atoms with Gasteiger partial charge in [0.1, 0.15) is 17.5 Å². The molecule has 0 bridgehead atoms. The summed E-state index contributed by atoms with van der Waals surface area (Å²) in [4.78, 5) is 12.4. The number of methoxy groups -OCH3 is 1. The molecule has 1 aliphatic rings. The van der Waals surface area contributed by atoms with Crippen molar-refractivity contribution in [2.45, 2.75) is 12.3 Å². The van der Waals surface area contributed by atoms with Gasteiger partial charge in [-0.3, -0.25) is 4.79 Å². The quantitative estimate of drug-likeness (QED) is 0.939. The van der Waals surface area contributed by atoms with Crippen molar-refractivity contribution in [3.05, 3.63) is 59.2 Å². The summed E-state index contributed by atoms with van der Waals surface area (Å²) >= 11 is 0. The summed E-state index contributed by atoms with van der Waals surface area (Å²) in [6.07, 6.45) is 0.735. The second-order valence-electron chi connectivity index (χ2n) is 4.94. The fourth-order valence-corrected chi connectivity index (χ4v) is 2.63. The first-order valence-electron chi connectivity index (χ1n) is 6.70. The molecule has 1 unspecified atom stereocenters. The number of nitrogens with one attached hydrogen (secondary N) is 1. The van der Waals surface area contributed by atoms with Crippen LogP contribution in [0.2, 0.25) is 0 Å². The molecule has 2 aromatic rings. The Morgan fingerprint density at radius 2 is 2.10 bits per heavy atom. The van der Waals surface area contributed by atoms with Gasteiger partial charge in [-0.25, -0.2) is 0 Å². The fourth-order valence-electron chi connectivity index (χ4n) is 2.63. The molecule has 0 saturated heterocycles. The summed E-state index contributed by atoms with van der Waals surface area (Å²) in [5.74, 6) is 0.238. The molecule has 4 heteroatoms. The van der Waals surface area contributed by atoms with E-state index in [4.69, 9.17) is 10.00 Å². The topological polar surface area (TPSA) is 62.1 Å². The van der Waals surface area contributed by atoms with Crippen LogP contribution in [0.1, 0.15) is 22.6 Å². The lowest BCUT2D eigenvalue weighted by atomic mass is 9.77. The molecular formula is C17H14N2O2. The molecule has 1 atom stereocenters. The monoisotopic (exact) mass is 278 g/mol. The zero-order valence-corrected chi connectivity index (χ0v) is 11.6. The van der Waals surface area contributed by atoms with E-state index >= 15 is 0 Å². The van der Waals surface area contributed by atoms with E-state index in [1.807, 2.05) is 24.3 Å². The molecule has 21 heavy (non-hydrogen) atoms. The number of rotatable bonds is 3. The van der Waals surface area contributed by atoms with Crippen LogP contribution in [0.3, 0.4) is 0 Å². The van der Waals surface area contributed by atoms with Gasteiger partial charge in [-0.15, -0.1) is 0 Å². The lowest BCUT2D eigenvalue weighted by Gasteiger charge is -2.29. The second-order valence-corrected chi connectivity index (χ2v) is 4.94. The molecule has 1 amide bonds. The highest BCUT2D eigenvalue weighted by Gasteiger charge is 2.32. The fraction of sp³-hybridized carbons (Fsp3) is 0.176. The van der Waals surface area contributed by atoms with E-state index in [0.717, 1.165) is 12.0 Å². The molecule has 2 aromatic carbocycles. The number of hydrogen-bond donors (Lipinski definition) is 1. The third-order valence-electron chi connectivity index (χ3n) is 3.79. The van der Waals surface area contributed by atoms with E-state index < -0.39 is 0 Å². The highest BCUT2D eigenvalue weighted by molar-refractivity contribution is 5.99. The maximum atomic E-state index is 12.4.